The van der Waals surface area contributed by atoms with Crippen LogP contribution in [0.25, 0.3) is 0 Å². The minimum absolute atomic E-state index is 0.0623. The molecule has 0 saturated heterocycles. The third-order valence-corrected chi connectivity index (χ3v) is 2.79. The van der Waals surface area contributed by atoms with Gasteiger partial charge in [0, 0.05) is 12.0 Å². The second-order valence-corrected chi connectivity index (χ2v) is 4.59. The molecule has 1 aliphatic heterocycles. The van der Waals surface area contributed by atoms with Crippen LogP contribution >= 0.6 is 0 Å². The first-order valence-corrected chi connectivity index (χ1v) is 5.72. The Kier molecular flexibility index (Phi) is 3.18. The average molecular weight is 231 g/mol. The van der Waals surface area contributed by atoms with Crippen molar-refractivity contribution in [3.8, 4) is 0 Å². The molecule has 90 valence electrons. The van der Waals surface area contributed by atoms with Crippen LogP contribution in [0.4, 0.5) is 0 Å². The van der Waals surface area contributed by atoms with Gasteiger partial charge in [0.1, 0.15) is 6.10 Å². The smallest absolute Gasteiger partial charge is 0.258 e. The predicted molar refractivity (Wildman–Crippen MR) is 67.8 cm³/mol. The summed E-state index contributed by atoms with van der Waals surface area (Å²) in [5.41, 5.74) is 0.504. The second-order valence-electron chi connectivity index (χ2n) is 4.59. The van der Waals surface area contributed by atoms with Gasteiger partial charge in [-0.15, -0.1) is 6.58 Å². The normalized spacial score (nSPS) is 22.0. The highest BCUT2D eigenvalue weighted by Crippen LogP contribution is 2.27. The van der Waals surface area contributed by atoms with Crippen LogP contribution in [0, 0.1) is 0 Å². The maximum Gasteiger partial charge on any atom is 0.258 e. The summed E-state index contributed by atoms with van der Waals surface area (Å²) in [6, 6.07) is 9.75. The van der Waals surface area contributed by atoms with E-state index in [4.69, 9.17) is 9.57 Å². The fourth-order valence-corrected chi connectivity index (χ4v) is 1.70. The average Bonchev–Trinajstić information content (AvgIpc) is 2.33. The van der Waals surface area contributed by atoms with Crippen molar-refractivity contribution in [2.45, 2.75) is 32.0 Å². The fourth-order valence-electron chi connectivity index (χ4n) is 1.70. The van der Waals surface area contributed by atoms with E-state index < -0.39 is 5.60 Å². The van der Waals surface area contributed by atoms with Crippen molar-refractivity contribution < 1.29 is 9.57 Å². The molecule has 0 radical (unpaired) electrons. The Morgan fingerprint density at radius 2 is 2.06 bits per heavy atom. The number of ether oxygens (including phenoxy) is 1. The van der Waals surface area contributed by atoms with Crippen molar-refractivity contribution >= 4 is 5.90 Å². The molecule has 0 fully saturated rings. The maximum absolute atomic E-state index is 5.88. The Bertz CT molecular complexity index is 423. The summed E-state index contributed by atoms with van der Waals surface area (Å²) in [6.07, 6.45) is 2.51. The topological polar surface area (TPSA) is 30.8 Å². The molecule has 3 heteroatoms. The lowest BCUT2D eigenvalue weighted by Gasteiger charge is -2.35. The number of oxime groups is 1. The van der Waals surface area contributed by atoms with Crippen molar-refractivity contribution in [1.29, 1.82) is 0 Å². The molecule has 17 heavy (non-hydrogen) atoms. The van der Waals surface area contributed by atoms with E-state index in [1.165, 1.54) is 0 Å². The minimum atomic E-state index is -0.424. The van der Waals surface area contributed by atoms with Gasteiger partial charge in [-0.2, -0.15) is 0 Å². The molecule has 0 amide bonds. The van der Waals surface area contributed by atoms with E-state index in [0.29, 0.717) is 5.90 Å². The van der Waals surface area contributed by atoms with Crippen LogP contribution < -0.4 is 0 Å². The molecule has 1 aromatic rings. The molecule has 1 atom stereocenters. The minimum Gasteiger partial charge on any atom is -0.467 e. The third-order valence-electron chi connectivity index (χ3n) is 2.79. The van der Waals surface area contributed by atoms with Crippen LogP contribution in [0.15, 0.2) is 48.1 Å². The molecule has 1 unspecified atom stereocenters. The van der Waals surface area contributed by atoms with E-state index in [0.717, 1.165) is 12.0 Å². The SMILES string of the molecule is C=CCC1OC(c2ccccc2)=NOC1(C)C. The molecule has 2 rings (SSSR count). The zero-order valence-electron chi connectivity index (χ0n) is 10.2. The van der Waals surface area contributed by atoms with Gasteiger partial charge in [0.05, 0.1) is 0 Å². The van der Waals surface area contributed by atoms with Gasteiger partial charge in [-0.25, -0.2) is 0 Å². The van der Waals surface area contributed by atoms with Gasteiger partial charge in [-0.3, -0.25) is 0 Å². The highest BCUT2D eigenvalue weighted by Gasteiger charge is 2.37. The van der Waals surface area contributed by atoms with E-state index >= 15 is 0 Å². The molecule has 1 aromatic carbocycles. The Labute approximate surface area is 102 Å². The van der Waals surface area contributed by atoms with Crippen molar-refractivity contribution in [2.75, 3.05) is 0 Å². The summed E-state index contributed by atoms with van der Waals surface area (Å²) >= 11 is 0. The van der Waals surface area contributed by atoms with E-state index in [-0.39, 0.29) is 6.10 Å². The Hall–Kier alpha value is -1.77. The van der Waals surface area contributed by atoms with E-state index in [2.05, 4.69) is 11.7 Å². The largest absolute Gasteiger partial charge is 0.467 e. The highest BCUT2D eigenvalue weighted by molar-refractivity contribution is 5.94. The molecule has 0 aromatic heterocycles. The zero-order chi connectivity index (χ0) is 12.3. The molecule has 3 nitrogen and oxygen atoms in total. The Morgan fingerprint density at radius 1 is 1.35 bits per heavy atom. The van der Waals surface area contributed by atoms with Gasteiger partial charge in [-0.1, -0.05) is 24.3 Å². The summed E-state index contributed by atoms with van der Waals surface area (Å²) in [5.74, 6) is 0.539. The van der Waals surface area contributed by atoms with Gasteiger partial charge >= 0.3 is 0 Å². The maximum atomic E-state index is 5.88. The van der Waals surface area contributed by atoms with E-state index in [1.807, 2.05) is 50.3 Å². The van der Waals surface area contributed by atoms with Crippen molar-refractivity contribution in [1.82, 2.24) is 0 Å². The molecule has 0 N–H and O–H groups in total. The number of hydrogen-bond donors (Lipinski definition) is 0. The molecular formula is C14H17NO2. The van der Waals surface area contributed by atoms with E-state index in [9.17, 15) is 0 Å². The molecule has 0 aliphatic carbocycles. The van der Waals surface area contributed by atoms with Crippen LogP contribution in [0.2, 0.25) is 0 Å². The predicted octanol–water partition coefficient (Wildman–Crippen LogP) is 3.12. The molecule has 1 heterocycles. The number of nitrogens with zero attached hydrogens (tertiary/aromatic N) is 1. The monoisotopic (exact) mass is 231 g/mol. The van der Waals surface area contributed by atoms with Crippen LogP contribution in [-0.4, -0.2) is 17.6 Å². The van der Waals surface area contributed by atoms with Crippen LogP contribution in [0.5, 0.6) is 0 Å². The third kappa shape index (κ3) is 2.49. The van der Waals surface area contributed by atoms with Gasteiger partial charge in [-0.05, 0) is 31.1 Å². The van der Waals surface area contributed by atoms with Crippen LogP contribution in [0.3, 0.4) is 0 Å². The molecule has 1 aliphatic rings. The van der Waals surface area contributed by atoms with Gasteiger partial charge in [0.15, 0.2) is 5.60 Å². The summed E-state index contributed by atoms with van der Waals surface area (Å²) < 4.78 is 5.88. The van der Waals surface area contributed by atoms with Crippen LogP contribution in [-0.2, 0) is 9.57 Å². The standard InChI is InChI=1S/C14H17NO2/c1-4-8-12-14(2,3)17-15-13(16-12)11-9-6-5-7-10-11/h4-7,9-10,12H,1,8H2,2-3H3. The second kappa shape index (κ2) is 4.62. The number of hydrogen-bond acceptors (Lipinski definition) is 3. The lowest BCUT2D eigenvalue weighted by molar-refractivity contribution is -0.118. The summed E-state index contributed by atoms with van der Waals surface area (Å²) in [5, 5.41) is 4.05. The summed E-state index contributed by atoms with van der Waals surface area (Å²) in [4.78, 5) is 5.51. The quantitative estimate of drug-likeness (QED) is 0.748. The first-order chi connectivity index (χ1) is 8.13. The lowest BCUT2D eigenvalue weighted by atomic mass is 9.98. The fraction of sp³-hybridized carbons (Fsp3) is 0.357. The first-order valence-electron chi connectivity index (χ1n) is 5.72. The summed E-state index contributed by atoms with van der Waals surface area (Å²) in [7, 11) is 0. The number of benzene rings is 1. The van der Waals surface area contributed by atoms with Gasteiger partial charge in [0.25, 0.3) is 5.90 Å². The molecule has 0 saturated carbocycles. The first kappa shape index (κ1) is 11.7. The van der Waals surface area contributed by atoms with Crippen LogP contribution in [0.1, 0.15) is 25.8 Å². The molecular weight excluding hydrogens is 214 g/mol. The van der Waals surface area contributed by atoms with Crippen molar-refractivity contribution in [2.24, 2.45) is 5.16 Å². The van der Waals surface area contributed by atoms with Crippen molar-refractivity contribution in [3.05, 3.63) is 48.6 Å². The van der Waals surface area contributed by atoms with Crippen molar-refractivity contribution in [3.63, 3.8) is 0 Å². The van der Waals surface area contributed by atoms with Gasteiger partial charge in [0.2, 0.25) is 0 Å². The zero-order valence-corrected chi connectivity index (χ0v) is 10.2. The lowest BCUT2D eigenvalue weighted by Crippen LogP contribution is -2.44. The molecule has 0 spiro atoms. The van der Waals surface area contributed by atoms with E-state index in [1.54, 1.807) is 0 Å². The Balaban J connectivity index is 2.22. The highest BCUT2D eigenvalue weighted by atomic mass is 16.7. The Morgan fingerprint density at radius 3 is 2.71 bits per heavy atom. The number of rotatable bonds is 3. The summed E-state index contributed by atoms with van der Waals surface area (Å²) in [6.45, 7) is 7.67. The molecule has 0 bridgehead atoms. The van der Waals surface area contributed by atoms with Gasteiger partial charge < -0.3 is 9.57 Å².